The monoisotopic (exact) mass is 141 g/mol. The van der Waals surface area contributed by atoms with Crippen molar-refractivity contribution in [2.45, 2.75) is 6.92 Å². The van der Waals surface area contributed by atoms with E-state index < -0.39 is 0 Å². The Bertz CT molecular complexity index is 132. The van der Waals surface area contributed by atoms with Gasteiger partial charge in [-0.1, -0.05) is 0 Å². The van der Waals surface area contributed by atoms with Crippen molar-refractivity contribution in [2.75, 3.05) is 12.8 Å². The zero-order valence-electron chi connectivity index (χ0n) is 5.79. The van der Waals surface area contributed by atoms with Gasteiger partial charge in [0.05, 0.1) is 5.55 Å². The van der Waals surface area contributed by atoms with Crippen molar-refractivity contribution in [2.24, 2.45) is 4.99 Å². The molecule has 0 N–H and O–H groups in total. The largest absolute Gasteiger partial charge is 0.290 e. The molecule has 2 heteroatoms. The van der Waals surface area contributed by atoms with Crippen LogP contribution in [-0.4, -0.2) is 18.3 Å². The molecule has 0 aliphatic carbocycles. The van der Waals surface area contributed by atoms with E-state index >= 15 is 0 Å². The van der Waals surface area contributed by atoms with E-state index in [1.165, 1.54) is 0 Å². The van der Waals surface area contributed by atoms with Crippen molar-refractivity contribution < 1.29 is 0 Å². The molecule has 0 radical (unpaired) electrons. The Labute approximate surface area is 60.6 Å². The highest BCUT2D eigenvalue weighted by Crippen LogP contribution is 1.92. The number of thioether (sulfide) groups is 1. The maximum Gasteiger partial charge on any atom is 0.0540 e. The van der Waals surface area contributed by atoms with Gasteiger partial charge in [0.15, 0.2) is 0 Å². The molecule has 1 nitrogen and oxygen atoms in total. The van der Waals surface area contributed by atoms with E-state index in [0.717, 1.165) is 5.75 Å². The molecular weight excluding hydrogens is 130 g/mol. The SMILES string of the molecule is CC=C=CCSC=NC. The molecule has 0 aromatic heterocycles. The summed E-state index contributed by atoms with van der Waals surface area (Å²) in [5.74, 6) is 0.960. The second kappa shape index (κ2) is 7.54. The first-order valence-electron chi connectivity index (χ1n) is 2.79. The van der Waals surface area contributed by atoms with Crippen LogP contribution in [-0.2, 0) is 0 Å². The predicted molar refractivity (Wildman–Crippen MR) is 45.2 cm³/mol. The summed E-state index contributed by atoms with van der Waals surface area (Å²) < 4.78 is 0. The summed E-state index contributed by atoms with van der Waals surface area (Å²) in [7, 11) is 1.77. The van der Waals surface area contributed by atoms with Crippen LogP contribution in [0.3, 0.4) is 0 Å². The lowest BCUT2D eigenvalue weighted by molar-refractivity contribution is 1.49. The number of hydrogen-bond acceptors (Lipinski definition) is 2. The van der Waals surface area contributed by atoms with E-state index in [1.807, 2.05) is 24.6 Å². The minimum atomic E-state index is 0.960. The van der Waals surface area contributed by atoms with Gasteiger partial charge in [-0.3, -0.25) is 4.99 Å². The van der Waals surface area contributed by atoms with Crippen LogP contribution >= 0.6 is 11.8 Å². The Balaban J connectivity index is 3.19. The molecular formula is C7H11NS. The van der Waals surface area contributed by atoms with E-state index in [1.54, 1.807) is 18.8 Å². The van der Waals surface area contributed by atoms with Crippen LogP contribution in [0.15, 0.2) is 22.9 Å². The van der Waals surface area contributed by atoms with E-state index in [-0.39, 0.29) is 0 Å². The molecule has 0 aromatic rings. The Morgan fingerprint density at radius 2 is 2.44 bits per heavy atom. The van der Waals surface area contributed by atoms with E-state index in [0.29, 0.717) is 0 Å². The minimum absolute atomic E-state index is 0.960. The third-order valence-electron chi connectivity index (χ3n) is 0.644. The van der Waals surface area contributed by atoms with Gasteiger partial charge in [0.25, 0.3) is 0 Å². The molecule has 0 saturated heterocycles. The van der Waals surface area contributed by atoms with Gasteiger partial charge in [0.1, 0.15) is 0 Å². The van der Waals surface area contributed by atoms with Crippen LogP contribution in [0.2, 0.25) is 0 Å². The predicted octanol–water partition coefficient (Wildman–Crippen LogP) is 2.11. The summed E-state index contributed by atoms with van der Waals surface area (Å²) in [6, 6.07) is 0. The number of aliphatic imine (C=N–C) groups is 1. The van der Waals surface area contributed by atoms with Gasteiger partial charge in [-0.2, -0.15) is 0 Å². The molecule has 0 aliphatic heterocycles. The lowest BCUT2D eigenvalue weighted by Gasteiger charge is -1.79. The molecule has 0 heterocycles. The summed E-state index contributed by atoms with van der Waals surface area (Å²) in [4.78, 5) is 3.81. The second-order valence-corrected chi connectivity index (χ2v) is 2.23. The molecule has 0 spiro atoms. The highest BCUT2D eigenvalue weighted by molar-refractivity contribution is 8.12. The van der Waals surface area contributed by atoms with E-state index in [4.69, 9.17) is 0 Å². The van der Waals surface area contributed by atoms with Gasteiger partial charge >= 0.3 is 0 Å². The quantitative estimate of drug-likeness (QED) is 0.254. The first kappa shape index (κ1) is 8.54. The van der Waals surface area contributed by atoms with Crippen LogP contribution in [0.4, 0.5) is 0 Å². The highest BCUT2D eigenvalue weighted by atomic mass is 32.2. The van der Waals surface area contributed by atoms with Crippen molar-refractivity contribution in [3.63, 3.8) is 0 Å². The Morgan fingerprint density at radius 1 is 1.67 bits per heavy atom. The lowest BCUT2D eigenvalue weighted by atomic mass is 10.6. The van der Waals surface area contributed by atoms with Crippen molar-refractivity contribution in [3.8, 4) is 0 Å². The second-order valence-electron chi connectivity index (χ2n) is 1.36. The van der Waals surface area contributed by atoms with Crippen LogP contribution in [0.1, 0.15) is 6.92 Å². The first-order chi connectivity index (χ1) is 4.41. The van der Waals surface area contributed by atoms with Crippen LogP contribution in [0, 0.1) is 0 Å². The van der Waals surface area contributed by atoms with Gasteiger partial charge in [0.2, 0.25) is 0 Å². The van der Waals surface area contributed by atoms with E-state index in [9.17, 15) is 0 Å². The molecule has 50 valence electrons. The average Bonchev–Trinajstić information content (AvgIpc) is 1.89. The molecule has 0 saturated carbocycles. The van der Waals surface area contributed by atoms with Gasteiger partial charge < -0.3 is 0 Å². The topological polar surface area (TPSA) is 12.4 Å². The highest BCUT2D eigenvalue weighted by Gasteiger charge is 1.71. The third kappa shape index (κ3) is 7.54. The third-order valence-corrected chi connectivity index (χ3v) is 1.36. The molecule has 0 aliphatic rings. The number of rotatable bonds is 3. The molecule has 0 rings (SSSR count). The number of hydrogen-bond donors (Lipinski definition) is 0. The van der Waals surface area contributed by atoms with Crippen LogP contribution in [0.25, 0.3) is 0 Å². The summed E-state index contributed by atoms with van der Waals surface area (Å²) >= 11 is 1.66. The van der Waals surface area contributed by atoms with Crippen LogP contribution in [0.5, 0.6) is 0 Å². The Hall–Kier alpha value is -0.460. The standard InChI is InChI=1S/C7H11NS/c1-3-4-5-6-9-7-8-2/h3,5,7H,6H2,1-2H3. The zero-order valence-corrected chi connectivity index (χ0v) is 6.61. The van der Waals surface area contributed by atoms with E-state index in [2.05, 4.69) is 10.7 Å². The van der Waals surface area contributed by atoms with Crippen LogP contribution < -0.4 is 0 Å². The fraction of sp³-hybridized carbons (Fsp3) is 0.429. The minimum Gasteiger partial charge on any atom is -0.290 e. The molecule has 0 unspecified atom stereocenters. The van der Waals surface area contributed by atoms with Gasteiger partial charge in [0, 0.05) is 12.8 Å². The zero-order chi connectivity index (χ0) is 6.95. The van der Waals surface area contributed by atoms with Crippen molar-refractivity contribution >= 4 is 17.3 Å². The molecule has 0 fully saturated rings. The summed E-state index contributed by atoms with van der Waals surface area (Å²) in [6.45, 7) is 1.95. The first-order valence-corrected chi connectivity index (χ1v) is 3.84. The van der Waals surface area contributed by atoms with Crippen molar-refractivity contribution in [3.05, 3.63) is 17.9 Å². The molecule has 0 amide bonds. The maximum absolute atomic E-state index is 3.81. The molecule has 0 aromatic carbocycles. The fourth-order valence-corrected chi connectivity index (χ4v) is 0.759. The van der Waals surface area contributed by atoms with Gasteiger partial charge in [-0.15, -0.1) is 17.5 Å². The number of nitrogens with zero attached hydrogens (tertiary/aromatic N) is 1. The average molecular weight is 141 g/mol. The van der Waals surface area contributed by atoms with Gasteiger partial charge in [-0.05, 0) is 19.1 Å². The smallest absolute Gasteiger partial charge is 0.0540 e. The molecule has 0 atom stereocenters. The maximum atomic E-state index is 3.81. The van der Waals surface area contributed by atoms with Crippen molar-refractivity contribution in [1.82, 2.24) is 0 Å². The Morgan fingerprint density at radius 3 is 3.00 bits per heavy atom. The lowest BCUT2D eigenvalue weighted by Crippen LogP contribution is -1.67. The van der Waals surface area contributed by atoms with Crippen molar-refractivity contribution in [1.29, 1.82) is 0 Å². The van der Waals surface area contributed by atoms with Gasteiger partial charge in [-0.25, -0.2) is 0 Å². The fourth-order valence-electron chi connectivity index (χ4n) is 0.332. The summed E-state index contributed by atoms with van der Waals surface area (Å²) in [5.41, 5.74) is 4.80. The molecule has 0 bridgehead atoms. The summed E-state index contributed by atoms with van der Waals surface area (Å²) in [5, 5.41) is 0. The normalized spacial score (nSPS) is 9.11. The Kier molecular flexibility index (Phi) is 7.15. The summed E-state index contributed by atoms with van der Waals surface area (Å²) in [6.07, 6.45) is 3.87. The molecule has 9 heavy (non-hydrogen) atoms.